The lowest BCUT2D eigenvalue weighted by Crippen LogP contribution is -2.28. The number of carbonyl (C=O) groups excluding carboxylic acids is 1. The van der Waals surface area contributed by atoms with Gasteiger partial charge >= 0.3 is 6.03 Å². The number of para-hydroxylation sites is 1. The van der Waals surface area contributed by atoms with Gasteiger partial charge in [-0.05, 0) is 37.6 Å². The molecule has 0 atom stereocenters. The molecule has 2 heterocycles. The van der Waals surface area contributed by atoms with Crippen LogP contribution in [-0.4, -0.2) is 15.4 Å². The third kappa shape index (κ3) is 3.74. The van der Waals surface area contributed by atoms with Gasteiger partial charge in [0, 0.05) is 17.4 Å². The van der Waals surface area contributed by atoms with Gasteiger partial charge in [-0.15, -0.1) is 0 Å². The molecular formula is C23H22N4O. The Hall–Kier alpha value is -3.60. The Labute approximate surface area is 164 Å². The maximum atomic E-state index is 12.4. The summed E-state index contributed by atoms with van der Waals surface area (Å²) < 4.78 is 2.05. The molecule has 140 valence electrons. The lowest BCUT2D eigenvalue weighted by molar-refractivity contribution is 0.251. The van der Waals surface area contributed by atoms with Crippen LogP contribution in [0.2, 0.25) is 0 Å². The van der Waals surface area contributed by atoms with Crippen molar-refractivity contribution in [3.05, 3.63) is 89.7 Å². The van der Waals surface area contributed by atoms with Gasteiger partial charge in [-0.1, -0.05) is 54.1 Å². The van der Waals surface area contributed by atoms with Crippen molar-refractivity contribution in [2.24, 2.45) is 0 Å². The summed E-state index contributed by atoms with van der Waals surface area (Å²) in [5.74, 6) is 0. The molecule has 4 aromatic rings. The predicted octanol–water partition coefficient (Wildman–Crippen LogP) is 4.94. The lowest BCUT2D eigenvalue weighted by atomic mass is 10.1. The highest BCUT2D eigenvalue weighted by Crippen LogP contribution is 2.25. The average molecular weight is 370 g/mol. The number of anilines is 1. The highest BCUT2D eigenvalue weighted by atomic mass is 16.2. The number of imidazole rings is 1. The number of hydrogen-bond acceptors (Lipinski definition) is 2. The second-order valence-electron chi connectivity index (χ2n) is 6.88. The van der Waals surface area contributed by atoms with E-state index in [0.717, 1.165) is 33.8 Å². The highest BCUT2D eigenvalue weighted by Gasteiger charge is 2.15. The zero-order chi connectivity index (χ0) is 19.5. The van der Waals surface area contributed by atoms with E-state index in [-0.39, 0.29) is 6.03 Å². The largest absolute Gasteiger partial charge is 0.332 e. The molecule has 0 fully saturated rings. The SMILES string of the molecule is Cc1ccc(-c2nc3ccc(C)cn3c2CNC(=O)Nc2ccccc2)cc1. The number of aromatic nitrogens is 2. The molecule has 2 amide bonds. The van der Waals surface area contributed by atoms with Crippen molar-refractivity contribution in [3.8, 4) is 11.3 Å². The molecule has 0 saturated heterocycles. The molecular weight excluding hydrogens is 348 g/mol. The van der Waals surface area contributed by atoms with Gasteiger partial charge in [0.1, 0.15) is 5.65 Å². The molecule has 0 bridgehead atoms. The van der Waals surface area contributed by atoms with Gasteiger partial charge in [-0.3, -0.25) is 0 Å². The molecule has 5 heteroatoms. The van der Waals surface area contributed by atoms with Crippen LogP contribution in [0.4, 0.5) is 10.5 Å². The van der Waals surface area contributed by atoms with E-state index in [2.05, 4.69) is 41.8 Å². The van der Waals surface area contributed by atoms with Gasteiger partial charge < -0.3 is 15.0 Å². The minimum atomic E-state index is -0.247. The average Bonchev–Trinajstić information content (AvgIpc) is 3.05. The van der Waals surface area contributed by atoms with Crippen LogP contribution in [0.1, 0.15) is 16.8 Å². The van der Waals surface area contributed by atoms with Crippen molar-refractivity contribution in [3.63, 3.8) is 0 Å². The Balaban J connectivity index is 1.64. The molecule has 0 unspecified atom stereocenters. The van der Waals surface area contributed by atoms with Crippen LogP contribution in [0.25, 0.3) is 16.9 Å². The first kappa shape index (κ1) is 17.8. The molecule has 0 saturated carbocycles. The van der Waals surface area contributed by atoms with Crippen LogP contribution >= 0.6 is 0 Å². The van der Waals surface area contributed by atoms with Crippen LogP contribution in [0.3, 0.4) is 0 Å². The Morgan fingerprint density at radius 3 is 2.39 bits per heavy atom. The zero-order valence-electron chi connectivity index (χ0n) is 15.9. The molecule has 2 N–H and O–H groups in total. The van der Waals surface area contributed by atoms with E-state index in [0.29, 0.717) is 6.54 Å². The van der Waals surface area contributed by atoms with Gasteiger partial charge in [0.2, 0.25) is 0 Å². The van der Waals surface area contributed by atoms with Gasteiger partial charge in [0.15, 0.2) is 0 Å². The number of benzene rings is 2. The van der Waals surface area contributed by atoms with Crippen molar-refractivity contribution in [2.75, 3.05) is 5.32 Å². The Bertz CT molecular complexity index is 1110. The smallest absolute Gasteiger partial charge is 0.319 e. The number of pyridine rings is 1. The molecule has 0 radical (unpaired) electrons. The van der Waals surface area contributed by atoms with Crippen molar-refractivity contribution in [2.45, 2.75) is 20.4 Å². The molecule has 0 spiro atoms. The Morgan fingerprint density at radius 2 is 1.64 bits per heavy atom. The van der Waals surface area contributed by atoms with Crippen LogP contribution in [0.15, 0.2) is 72.9 Å². The number of nitrogens with zero attached hydrogens (tertiary/aromatic N) is 2. The number of aryl methyl sites for hydroxylation is 2. The highest BCUT2D eigenvalue weighted by molar-refractivity contribution is 5.89. The first-order valence-electron chi connectivity index (χ1n) is 9.25. The van der Waals surface area contributed by atoms with Crippen molar-refractivity contribution in [1.29, 1.82) is 0 Å². The summed E-state index contributed by atoms with van der Waals surface area (Å²) in [6, 6.07) is 21.5. The van der Waals surface area contributed by atoms with Crippen LogP contribution in [0, 0.1) is 13.8 Å². The fourth-order valence-electron chi connectivity index (χ4n) is 3.17. The molecule has 2 aromatic carbocycles. The summed E-state index contributed by atoms with van der Waals surface area (Å²) in [5.41, 5.74) is 6.82. The zero-order valence-corrected chi connectivity index (χ0v) is 15.9. The standard InChI is InChI=1S/C23H22N4O/c1-16-8-11-18(12-9-16)22-20(27-15-17(2)10-13-21(27)26-22)14-24-23(28)25-19-6-4-3-5-7-19/h3-13,15H,14H2,1-2H3,(H2,24,25,28). The van der Waals surface area contributed by atoms with Gasteiger partial charge in [0.25, 0.3) is 0 Å². The van der Waals surface area contributed by atoms with Crippen molar-refractivity contribution in [1.82, 2.24) is 14.7 Å². The topological polar surface area (TPSA) is 58.4 Å². The number of nitrogens with one attached hydrogen (secondary N) is 2. The van der Waals surface area contributed by atoms with Crippen molar-refractivity contribution < 1.29 is 4.79 Å². The van der Waals surface area contributed by atoms with Crippen molar-refractivity contribution >= 4 is 17.4 Å². The number of urea groups is 1. The molecule has 2 aromatic heterocycles. The van der Waals surface area contributed by atoms with E-state index < -0.39 is 0 Å². The summed E-state index contributed by atoms with van der Waals surface area (Å²) in [5, 5.41) is 5.81. The second-order valence-corrected chi connectivity index (χ2v) is 6.88. The van der Waals surface area contributed by atoms with E-state index in [9.17, 15) is 4.79 Å². The maximum absolute atomic E-state index is 12.4. The summed E-state index contributed by atoms with van der Waals surface area (Å²) in [6.07, 6.45) is 2.05. The monoisotopic (exact) mass is 370 g/mol. The minimum Gasteiger partial charge on any atom is -0.332 e. The summed E-state index contributed by atoms with van der Waals surface area (Å²) in [7, 11) is 0. The summed E-state index contributed by atoms with van der Waals surface area (Å²) >= 11 is 0. The first-order chi connectivity index (χ1) is 13.6. The molecule has 0 aliphatic heterocycles. The summed E-state index contributed by atoms with van der Waals surface area (Å²) in [4.78, 5) is 17.2. The molecule has 0 aliphatic rings. The van der Waals surface area contributed by atoms with E-state index in [1.54, 1.807) is 0 Å². The summed E-state index contributed by atoms with van der Waals surface area (Å²) in [6.45, 7) is 4.48. The molecule has 0 aliphatic carbocycles. The minimum absolute atomic E-state index is 0.247. The van der Waals surface area contributed by atoms with Crippen LogP contribution < -0.4 is 10.6 Å². The third-order valence-electron chi connectivity index (χ3n) is 4.64. The fraction of sp³-hybridized carbons (Fsp3) is 0.130. The maximum Gasteiger partial charge on any atom is 0.319 e. The third-order valence-corrected chi connectivity index (χ3v) is 4.64. The van der Waals surface area contributed by atoms with Gasteiger partial charge in [0.05, 0.1) is 17.9 Å². The molecule has 4 rings (SSSR count). The van der Waals surface area contributed by atoms with E-state index >= 15 is 0 Å². The number of carbonyl (C=O) groups is 1. The number of hydrogen-bond donors (Lipinski definition) is 2. The van der Waals surface area contributed by atoms with Gasteiger partial charge in [-0.2, -0.15) is 0 Å². The Morgan fingerprint density at radius 1 is 0.929 bits per heavy atom. The van der Waals surface area contributed by atoms with Gasteiger partial charge in [-0.25, -0.2) is 9.78 Å². The second kappa shape index (κ2) is 7.56. The van der Waals surface area contributed by atoms with E-state index in [1.807, 2.05) is 60.0 Å². The lowest BCUT2D eigenvalue weighted by Gasteiger charge is -2.10. The van der Waals surface area contributed by atoms with E-state index in [4.69, 9.17) is 4.98 Å². The normalized spacial score (nSPS) is 10.8. The number of amides is 2. The van der Waals surface area contributed by atoms with Crippen LogP contribution in [0.5, 0.6) is 0 Å². The Kier molecular flexibility index (Phi) is 4.81. The van der Waals surface area contributed by atoms with Crippen LogP contribution in [-0.2, 0) is 6.54 Å². The molecule has 5 nitrogen and oxygen atoms in total. The molecule has 28 heavy (non-hydrogen) atoms. The number of rotatable bonds is 4. The fourth-order valence-corrected chi connectivity index (χ4v) is 3.17. The number of fused-ring (bicyclic) bond motifs is 1. The first-order valence-corrected chi connectivity index (χ1v) is 9.25. The van der Waals surface area contributed by atoms with E-state index in [1.165, 1.54) is 5.56 Å². The predicted molar refractivity (Wildman–Crippen MR) is 112 cm³/mol. The quantitative estimate of drug-likeness (QED) is 0.534.